The summed E-state index contributed by atoms with van der Waals surface area (Å²) in [5, 5.41) is 9.12. The molecule has 0 aliphatic rings. The fraction of sp³-hybridized carbons (Fsp3) is 0.105. The van der Waals surface area contributed by atoms with Gasteiger partial charge in [0.15, 0.2) is 5.65 Å². The highest BCUT2D eigenvalue weighted by atomic mass is 15.1. The highest BCUT2D eigenvalue weighted by Gasteiger charge is 2.15. The lowest BCUT2D eigenvalue weighted by atomic mass is 10.1. The monoisotopic (exact) mass is 356 g/mol. The lowest BCUT2D eigenvalue weighted by molar-refractivity contribution is 0.813. The minimum Gasteiger partial charge on any atom is -0.399 e. The number of imidazole rings is 1. The second kappa shape index (κ2) is 6.38. The van der Waals surface area contributed by atoms with E-state index in [1.807, 2.05) is 29.7 Å². The lowest BCUT2D eigenvalue weighted by Gasteiger charge is -2.08. The van der Waals surface area contributed by atoms with Crippen molar-refractivity contribution < 1.29 is 0 Å². The molecule has 8 nitrogen and oxygen atoms in total. The number of pyridine rings is 1. The lowest BCUT2D eigenvalue weighted by Crippen LogP contribution is -2.04. The maximum absolute atomic E-state index is 9.12. The van der Waals surface area contributed by atoms with E-state index in [-0.39, 0.29) is 5.95 Å². The van der Waals surface area contributed by atoms with Crippen LogP contribution in [0.3, 0.4) is 0 Å². The van der Waals surface area contributed by atoms with Gasteiger partial charge in [0.1, 0.15) is 11.2 Å². The number of nitrogens with two attached hydrogens (primary N) is 2. The third kappa shape index (κ3) is 3.02. The van der Waals surface area contributed by atoms with Gasteiger partial charge in [-0.15, -0.1) is 0 Å². The number of hydrogen-bond donors (Lipinski definition) is 2. The van der Waals surface area contributed by atoms with E-state index in [2.05, 4.69) is 26.0 Å². The smallest absolute Gasteiger partial charge is 0.222 e. The quantitative estimate of drug-likeness (QED) is 0.538. The average molecular weight is 356 g/mol. The standard InChI is InChI=1S/C19H16N8/c1-11-6-13(2-3-14(11)21)9-27-10-24-17-16(25-19(22)26-18(17)27)15-7-12(8-20)4-5-23-15/h2-7,10H,9,21H2,1H3,(H2,22,25,26). The van der Waals surface area contributed by atoms with E-state index in [0.29, 0.717) is 34.7 Å². The molecule has 4 N–H and O–H groups in total. The van der Waals surface area contributed by atoms with Crippen LogP contribution in [0, 0.1) is 18.3 Å². The Labute approximate surface area is 155 Å². The molecule has 1 aromatic carbocycles. The molecule has 0 radical (unpaired) electrons. The summed E-state index contributed by atoms with van der Waals surface area (Å²) in [5.41, 5.74) is 17.4. The SMILES string of the molecule is Cc1cc(Cn2cnc3c(-c4cc(C#N)ccn4)nc(N)nc32)ccc1N. The molecule has 8 heteroatoms. The molecule has 27 heavy (non-hydrogen) atoms. The highest BCUT2D eigenvalue weighted by Crippen LogP contribution is 2.25. The Hall–Kier alpha value is -3.99. The van der Waals surface area contributed by atoms with E-state index >= 15 is 0 Å². The molecule has 3 heterocycles. The van der Waals surface area contributed by atoms with Gasteiger partial charge in [-0.25, -0.2) is 9.97 Å². The first-order chi connectivity index (χ1) is 13.0. The van der Waals surface area contributed by atoms with Gasteiger partial charge in [0.2, 0.25) is 5.95 Å². The van der Waals surface area contributed by atoms with Crippen LogP contribution < -0.4 is 11.5 Å². The Morgan fingerprint density at radius 1 is 1.11 bits per heavy atom. The Balaban J connectivity index is 1.82. The molecule has 3 aromatic heterocycles. The van der Waals surface area contributed by atoms with Crippen LogP contribution in [0.1, 0.15) is 16.7 Å². The molecule has 0 fully saturated rings. The maximum Gasteiger partial charge on any atom is 0.222 e. The summed E-state index contributed by atoms with van der Waals surface area (Å²) in [7, 11) is 0. The maximum atomic E-state index is 9.12. The van der Waals surface area contributed by atoms with E-state index in [1.165, 1.54) is 0 Å². The number of fused-ring (bicyclic) bond motifs is 1. The summed E-state index contributed by atoms with van der Waals surface area (Å²) >= 11 is 0. The van der Waals surface area contributed by atoms with Gasteiger partial charge in [0.25, 0.3) is 0 Å². The number of benzene rings is 1. The second-order valence-corrected chi connectivity index (χ2v) is 6.21. The number of rotatable bonds is 3. The molecular weight excluding hydrogens is 340 g/mol. The molecule has 0 spiro atoms. The first kappa shape index (κ1) is 16.5. The van der Waals surface area contributed by atoms with Crippen molar-refractivity contribution in [2.75, 3.05) is 11.5 Å². The van der Waals surface area contributed by atoms with Gasteiger partial charge < -0.3 is 16.0 Å². The van der Waals surface area contributed by atoms with Crippen molar-refractivity contribution in [3.63, 3.8) is 0 Å². The highest BCUT2D eigenvalue weighted by molar-refractivity contribution is 5.87. The predicted molar refractivity (Wildman–Crippen MR) is 102 cm³/mol. The Bertz CT molecular complexity index is 1200. The zero-order chi connectivity index (χ0) is 19.0. The van der Waals surface area contributed by atoms with Gasteiger partial charge in [-0.3, -0.25) is 4.98 Å². The van der Waals surface area contributed by atoms with Crippen LogP contribution in [0.25, 0.3) is 22.6 Å². The van der Waals surface area contributed by atoms with Crippen LogP contribution in [-0.2, 0) is 6.54 Å². The van der Waals surface area contributed by atoms with Crippen LogP contribution in [0.15, 0.2) is 42.9 Å². The molecule has 0 atom stereocenters. The topological polar surface area (TPSA) is 132 Å². The van der Waals surface area contributed by atoms with Crippen LogP contribution in [0.5, 0.6) is 0 Å². The Morgan fingerprint density at radius 3 is 2.74 bits per heavy atom. The molecule has 0 aliphatic carbocycles. The van der Waals surface area contributed by atoms with Crippen molar-refractivity contribution in [2.45, 2.75) is 13.5 Å². The van der Waals surface area contributed by atoms with Gasteiger partial charge in [0, 0.05) is 11.9 Å². The predicted octanol–water partition coefficient (Wildman–Crippen LogP) is 2.28. The van der Waals surface area contributed by atoms with Gasteiger partial charge in [-0.2, -0.15) is 10.2 Å². The molecule has 0 bridgehead atoms. The summed E-state index contributed by atoms with van der Waals surface area (Å²) in [6.45, 7) is 2.54. The fourth-order valence-corrected chi connectivity index (χ4v) is 2.92. The van der Waals surface area contributed by atoms with E-state index in [9.17, 15) is 0 Å². The molecule has 0 saturated heterocycles. The van der Waals surface area contributed by atoms with Crippen molar-refractivity contribution in [1.29, 1.82) is 5.26 Å². The Kier molecular flexibility index (Phi) is 3.90. The fourth-order valence-electron chi connectivity index (χ4n) is 2.92. The molecule has 132 valence electrons. The molecular formula is C19H16N8. The van der Waals surface area contributed by atoms with Gasteiger partial charge in [-0.1, -0.05) is 12.1 Å². The van der Waals surface area contributed by atoms with Crippen LogP contribution in [0.2, 0.25) is 0 Å². The molecule has 0 amide bonds. The minimum atomic E-state index is 0.122. The summed E-state index contributed by atoms with van der Waals surface area (Å²) in [4.78, 5) is 17.4. The molecule has 4 aromatic rings. The van der Waals surface area contributed by atoms with Crippen molar-refractivity contribution in [3.8, 4) is 17.5 Å². The van der Waals surface area contributed by atoms with Gasteiger partial charge >= 0.3 is 0 Å². The number of anilines is 2. The van der Waals surface area contributed by atoms with Crippen LogP contribution in [-0.4, -0.2) is 24.5 Å². The van der Waals surface area contributed by atoms with Gasteiger partial charge in [0.05, 0.1) is 30.2 Å². The zero-order valence-electron chi connectivity index (χ0n) is 14.6. The summed E-state index contributed by atoms with van der Waals surface area (Å²) in [6, 6.07) is 11.3. The van der Waals surface area contributed by atoms with E-state index in [4.69, 9.17) is 16.7 Å². The molecule has 4 rings (SSSR count). The normalized spacial score (nSPS) is 10.8. The van der Waals surface area contributed by atoms with Crippen LogP contribution in [0.4, 0.5) is 11.6 Å². The zero-order valence-corrected chi connectivity index (χ0v) is 14.6. The number of aromatic nitrogens is 5. The third-order valence-corrected chi connectivity index (χ3v) is 4.30. The Morgan fingerprint density at radius 2 is 1.96 bits per heavy atom. The molecule has 0 aliphatic heterocycles. The first-order valence-electron chi connectivity index (χ1n) is 8.25. The average Bonchev–Trinajstić information content (AvgIpc) is 3.06. The third-order valence-electron chi connectivity index (χ3n) is 4.30. The first-order valence-corrected chi connectivity index (χ1v) is 8.25. The number of aryl methyl sites for hydroxylation is 1. The number of nitrogen functional groups attached to an aromatic ring is 2. The van der Waals surface area contributed by atoms with Crippen molar-refractivity contribution in [1.82, 2.24) is 24.5 Å². The molecule has 0 unspecified atom stereocenters. The van der Waals surface area contributed by atoms with Crippen molar-refractivity contribution >= 4 is 22.8 Å². The number of nitrogens with zero attached hydrogens (tertiary/aromatic N) is 6. The summed E-state index contributed by atoms with van der Waals surface area (Å²) < 4.78 is 1.90. The summed E-state index contributed by atoms with van der Waals surface area (Å²) in [5.74, 6) is 0.122. The van der Waals surface area contributed by atoms with E-state index < -0.39 is 0 Å². The largest absolute Gasteiger partial charge is 0.399 e. The summed E-state index contributed by atoms with van der Waals surface area (Å²) in [6.07, 6.45) is 3.26. The van der Waals surface area contributed by atoms with Crippen LogP contribution >= 0.6 is 0 Å². The van der Waals surface area contributed by atoms with Crippen molar-refractivity contribution in [2.24, 2.45) is 0 Å². The van der Waals surface area contributed by atoms with E-state index in [1.54, 1.807) is 24.7 Å². The number of nitriles is 1. The number of hydrogen-bond acceptors (Lipinski definition) is 7. The second-order valence-electron chi connectivity index (χ2n) is 6.21. The minimum absolute atomic E-state index is 0.122. The van der Waals surface area contributed by atoms with Crippen molar-refractivity contribution in [3.05, 3.63) is 59.5 Å². The van der Waals surface area contributed by atoms with Gasteiger partial charge in [-0.05, 0) is 36.2 Å². The molecule has 0 saturated carbocycles. The van der Waals surface area contributed by atoms with E-state index in [0.717, 1.165) is 16.8 Å².